The fourth-order valence-corrected chi connectivity index (χ4v) is 2.45. The van der Waals surface area contributed by atoms with Gasteiger partial charge in [0.2, 0.25) is 0 Å². The van der Waals surface area contributed by atoms with Crippen LogP contribution < -0.4 is 15.4 Å². The van der Waals surface area contributed by atoms with Gasteiger partial charge in [-0.3, -0.25) is 4.99 Å². The zero-order valence-corrected chi connectivity index (χ0v) is 14.9. The highest BCUT2D eigenvalue weighted by atomic mass is 32.2. The summed E-state index contributed by atoms with van der Waals surface area (Å²) in [6, 6.07) is 6.12. The first-order valence-electron chi connectivity index (χ1n) is 8.08. The molecule has 1 rings (SSSR count). The van der Waals surface area contributed by atoms with E-state index in [1.807, 2.05) is 11.8 Å². The number of aliphatic imine (C=N–C) groups is 1. The highest BCUT2D eigenvalue weighted by Crippen LogP contribution is 2.11. The van der Waals surface area contributed by atoms with Crippen molar-refractivity contribution in [2.24, 2.45) is 4.99 Å². The molecule has 23 heavy (non-hydrogen) atoms. The van der Waals surface area contributed by atoms with E-state index in [1.54, 1.807) is 19.2 Å². The Labute approximate surface area is 143 Å². The molecule has 0 fully saturated rings. The molecule has 6 heteroatoms. The molecule has 130 valence electrons. The summed E-state index contributed by atoms with van der Waals surface area (Å²) >= 11 is 1.88. The van der Waals surface area contributed by atoms with Crippen LogP contribution in [0.1, 0.15) is 25.7 Å². The summed E-state index contributed by atoms with van der Waals surface area (Å²) in [7, 11) is 1.79. The lowest BCUT2D eigenvalue weighted by molar-refractivity contribution is 0.306. The third-order valence-corrected chi connectivity index (χ3v) is 3.93. The largest absolute Gasteiger partial charge is 0.494 e. The second kappa shape index (κ2) is 13.0. The summed E-state index contributed by atoms with van der Waals surface area (Å²) in [5.74, 6) is 2.53. The van der Waals surface area contributed by atoms with E-state index in [0.717, 1.165) is 38.3 Å². The zero-order chi connectivity index (χ0) is 16.8. The highest BCUT2D eigenvalue weighted by Gasteiger charge is 1.98. The van der Waals surface area contributed by atoms with Gasteiger partial charge in [-0.25, -0.2) is 4.39 Å². The monoisotopic (exact) mass is 341 g/mol. The average molecular weight is 341 g/mol. The predicted molar refractivity (Wildman–Crippen MR) is 98.1 cm³/mol. The predicted octanol–water partition coefficient (Wildman–Crippen LogP) is 3.29. The standard InChI is InChI=1S/C17H28FN3OS/c1-19-17(21-12-4-6-14-23-2)20-11-3-5-13-22-16-9-7-15(18)8-10-16/h7-10H,3-6,11-14H2,1-2H3,(H2,19,20,21). The molecule has 0 saturated carbocycles. The summed E-state index contributed by atoms with van der Waals surface area (Å²) in [5, 5.41) is 6.61. The van der Waals surface area contributed by atoms with Crippen molar-refractivity contribution in [3.05, 3.63) is 30.1 Å². The summed E-state index contributed by atoms with van der Waals surface area (Å²) in [6.07, 6.45) is 6.45. The lowest BCUT2D eigenvalue weighted by atomic mass is 10.3. The number of unbranched alkanes of at least 4 members (excludes halogenated alkanes) is 2. The minimum atomic E-state index is -0.242. The molecule has 0 amide bonds. The molecule has 0 aliphatic heterocycles. The van der Waals surface area contributed by atoms with E-state index in [0.29, 0.717) is 12.4 Å². The number of hydrogen-bond acceptors (Lipinski definition) is 3. The fraction of sp³-hybridized carbons (Fsp3) is 0.588. The van der Waals surface area contributed by atoms with Crippen LogP contribution in [0.2, 0.25) is 0 Å². The number of benzene rings is 1. The van der Waals surface area contributed by atoms with Crippen LogP contribution in [0.5, 0.6) is 5.75 Å². The summed E-state index contributed by atoms with van der Waals surface area (Å²) < 4.78 is 18.3. The Kier molecular flexibility index (Phi) is 11.1. The third-order valence-electron chi connectivity index (χ3n) is 3.24. The van der Waals surface area contributed by atoms with E-state index in [2.05, 4.69) is 21.9 Å². The summed E-state index contributed by atoms with van der Waals surface area (Å²) in [4.78, 5) is 4.20. The lowest BCUT2D eigenvalue weighted by Crippen LogP contribution is -2.38. The van der Waals surface area contributed by atoms with E-state index >= 15 is 0 Å². The second-order valence-corrected chi connectivity index (χ2v) is 6.12. The minimum Gasteiger partial charge on any atom is -0.494 e. The zero-order valence-electron chi connectivity index (χ0n) is 14.1. The third kappa shape index (κ3) is 10.0. The van der Waals surface area contributed by atoms with Crippen LogP contribution in [0, 0.1) is 5.82 Å². The van der Waals surface area contributed by atoms with Gasteiger partial charge in [0.05, 0.1) is 6.61 Å². The van der Waals surface area contributed by atoms with Crippen molar-refractivity contribution in [2.75, 3.05) is 38.8 Å². The van der Waals surface area contributed by atoms with Crippen LogP contribution in [0.3, 0.4) is 0 Å². The molecule has 1 aromatic carbocycles. The van der Waals surface area contributed by atoms with E-state index in [-0.39, 0.29) is 5.82 Å². The molecule has 0 saturated heterocycles. The van der Waals surface area contributed by atoms with Crippen molar-refractivity contribution in [3.63, 3.8) is 0 Å². The first-order valence-corrected chi connectivity index (χ1v) is 9.47. The number of rotatable bonds is 11. The van der Waals surface area contributed by atoms with Crippen molar-refractivity contribution in [1.82, 2.24) is 10.6 Å². The van der Waals surface area contributed by atoms with E-state index in [4.69, 9.17) is 4.74 Å². The smallest absolute Gasteiger partial charge is 0.190 e. The quantitative estimate of drug-likeness (QED) is 0.368. The van der Waals surface area contributed by atoms with Crippen molar-refractivity contribution in [2.45, 2.75) is 25.7 Å². The Balaban J connectivity index is 2.01. The van der Waals surface area contributed by atoms with Gasteiger partial charge in [0, 0.05) is 20.1 Å². The van der Waals surface area contributed by atoms with Gasteiger partial charge in [-0.05, 0) is 62.0 Å². The van der Waals surface area contributed by atoms with E-state index in [1.165, 1.54) is 24.3 Å². The van der Waals surface area contributed by atoms with Crippen molar-refractivity contribution in [3.8, 4) is 5.75 Å². The number of ether oxygens (including phenoxy) is 1. The summed E-state index contributed by atoms with van der Waals surface area (Å²) in [6.45, 7) is 2.44. The highest BCUT2D eigenvalue weighted by molar-refractivity contribution is 7.98. The molecule has 0 bridgehead atoms. The number of guanidine groups is 1. The fourth-order valence-electron chi connectivity index (χ4n) is 1.95. The van der Waals surface area contributed by atoms with Gasteiger partial charge in [-0.15, -0.1) is 0 Å². The molecule has 0 aliphatic carbocycles. The summed E-state index contributed by atoms with van der Waals surface area (Å²) in [5.41, 5.74) is 0. The number of thioether (sulfide) groups is 1. The maximum Gasteiger partial charge on any atom is 0.190 e. The number of hydrogen-bond donors (Lipinski definition) is 2. The topological polar surface area (TPSA) is 45.7 Å². The maximum atomic E-state index is 12.8. The Bertz CT molecular complexity index is 440. The molecular weight excluding hydrogens is 313 g/mol. The van der Waals surface area contributed by atoms with Crippen molar-refractivity contribution >= 4 is 17.7 Å². The van der Waals surface area contributed by atoms with Crippen LogP contribution in [0.25, 0.3) is 0 Å². The molecule has 0 spiro atoms. The first kappa shape index (κ1) is 19.6. The molecule has 0 unspecified atom stereocenters. The number of halogens is 1. The minimum absolute atomic E-state index is 0.242. The van der Waals surface area contributed by atoms with Gasteiger partial charge in [-0.2, -0.15) is 11.8 Å². The van der Waals surface area contributed by atoms with E-state index in [9.17, 15) is 4.39 Å². The Hall–Kier alpha value is -1.43. The van der Waals surface area contributed by atoms with Gasteiger partial charge in [0.25, 0.3) is 0 Å². The molecular formula is C17H28FN3OS. The van der Waals surface area contributed by atoms with Gasteiger partial charge in [0.1, 0.15) is 11.6 Å². The number of nitrogens with one attached hydrogen (secondary N) is 2. The molecule has 4 nitrogen and oxygen atoms in total. The molecule has 0 aromatic heterocycles. The Morgan fingerprint density at radius 1 is 1.09 bits per heavy atom. The molecule has 0 radical (unpaired) electrons. The van der Waals surface area contributed by atoms with Crippen LogP contribution in [0.4, 0.5) is 4.39 Å². The van der Waals surface area contributed by atoms with Gasteiger partial charge >= 0.3 is 0 Å². The molecule has 2 N–H and O–H groups in total. The Morgan fingerprint density at radius 3 is 2.35 bits per heavy atom. The van der Waals surface area contributed by atoms with Gasteiger partial charge in [0.15, 0.2) is 5.96 Å². The molecule has 0 atom stereocenters. The SMILES string of the molecule is CN=C(NCCCCOc1ccc(F)cc1)NCCCCSC. The lowest BCUT2D eigenvalue weighted by Gasteiger charge is -2.12. The van der Waals surface area contributed by atoms with E-state index < -0.39 is 0 Å². The molecule has 1 aromatic rings. The molecule has 0 aliphatic rings. The number of nitrogens with zero attached hydrogens (tertiary/aromatic N) is 1. The van der Waals surface area contributed by atoms with Crippen molar-refractivity contribution < 1.29 is 9.13 Å². The average Bonchev–Trinajstić information content (AvgIpc) is 2.57. The van der Waals surface area contributed by atoms with Crippen molar-refractivity contribution in [1.29, 1.82) is 0 Å². The van der Waals surface area contributed by atoms with Crippen LogP contribution >= 0.6 is 11.8 Å². The van der Waals surface area contributed by atoms with Gasteiger partial charge < -0.3 is 15.4 Å². The second-order valence-electron chi connectivity index (χ2n) is 5.14. The molecule has 0 heterocycles. The first-order chi connectivity index (χ1) is 11.3. The maximum absolute atomic E-state index is 12.8. The normalized spacial score (nSPS) is 11.3. The van der Waals surface area contributed by atoms with Gasteiger partial charge in [-0.1, -0.05) is 0 Å². The van der Waals surface area contributed by atoms with Crippen LogP contribution in [-0.4, -0.2) is 44.7 Å². The van der Waals surface area contributed by atoms with Crippen LogP contribution in [0.15, 0.2) is 29.3 Å². The van der Waals surface area contributed by atoms with Crippen LogP contribution in [-0.2, 0) is 0 Å². The Morgan fingerprint density at radius 2 is 1.74 bits per heavy atom.